The third-order valence-corrected chi connectivity index (χ3v) is 4.05. The van der Waals surface area contributed by atoms with Gasteiger partial charge in [-0.15, -0.1) is 0 Å². The lowest BCUT2D eigenvalue weighted by molar-refractivity contribution is 0.0790. The van der Waals surface area contributed by atoms with Crippen molar-refractivity contribution < 1.29 is 9.53 Å². The predicted molar refractivity (Wildman–Crippen MR) is 89.7 cm³/mol. The molecule has 1 amide bonds. The molecule has 4 heteroatoms. The van der Waals surface area contributed by atoms with E-state index in [-0.39, 0.29) is 12.0 Å². The summed E-state index contributed by atoms with van der Waals surface area (Å²) >= 11 is 0. The number of ether oxygens (including phenoxy) is 1. The number of carbonyl (C=O) groups excluding carboxylic acids is 1. The molecule has 1 aromatic carbocycles. The van der Waals surface area contributed by atoms with Crippen LogP contribution in [0.5, 0.6) is 5.75 Å². The van der Waals surface area contributed by atoms with Gasteiger partial charge in [0.15, 0.2) is 0 Å². The van der Waals surface area contributed by atoms with Crippen molar-refractivity contribution in [2.75, 3.05) is 13.1 Å². The average molecular weight is 310 g/mol. The Hall–Kier alpha value is -2.36. The standard InChI is InChI=1S/C19H22N2O2/c1-14(2)23-17-8-6-15(7-9-17)19(22)21-12-10-16(13-21)18-5-3-4-11-20-18/h3-9,11,14,16H,10,12-13H2,1-2H3/t16-/m0/s1. The van der Waals surface area contributed by atoms with Gasteiger partial charge in [0, 0.05) is 36.5 Å². The van der Waals surface area contributed by atoms with E-state index in [0.29, 0.717) is 11.5 Å². The molecule has 1 aliphatic rings. The maximum Gasteiger partial charge on any atom is 0.253 e. The molecule has 0 saturated carbocycles. The molecule has 23 heavy (non-hydrogen) atoms. The van der Waals surface area contributed by atoms with Gasteiger partial charge in [0.25, 0.3) is 5.91 Å². The lowest BCUT2D eigenvalue weighted by Crippen LogP contribution is -2.28. The molecule has 1 atom stereocenters. The van der Waals surface area contributed by atoms with Gasteiger partial charge in [-0.05, 0) is 56.7 Å². The van der Waals surface area contributed by atoms with Crippen molar-refractivity contribution in [2.45, 2.75) is 32.3 Å². The maximum atomic E-state index is 12.6. The minimum atomic E-state index is 0.0829. The fourth-order valence-electron chi connectivity index (χ4n) is 2.93. The lowest BCUT2D eigenvalue weighted by Gasteiger charge is -2.17. The number of amides is 1. The van der Waals surface area contributed by atoms with Crippen molar-refractivity contribution in [2.24, 2.45) is 0 Å². The minimum Gasteiger partial charge on any atom is -0.491 e. The summed E-state index contributed by atoms with van der Waals surface area (Å²) < 4.78 is 5.62. The second-order valence-corrected chi connectivity index (χ2v) is 6.18. The van der Waals surface area contributed by atoms with Crippen LogP contribution >= 0.6 is 0 Å². The first-order valence-corrected chi connectivity index (χ1v) is 8.10. The molecule has 0 N–H and O–H groups in total. The first-order chi connectivity index (χ1) is 11.1. The van der Waals surface area contributed by atoms with Crippen LogP contribution in [0.3, 0.4) is 0 Å². The number of rotatable bonds is 4. The molecule has 120 valence electrons. The summed E-state index contributed by atoms with van der Waals surface area (Å²) in [5, 5.41) is 0. The van der Waals surface area contributed by atoms with Crippen LogP contribution in [-0.2, 0) is 0 Å². The Morgan fingerprint density at radius 2 is 2.00 bits per heavy atom. The number of nitrogens with zero attached hydrogens (tertiary/aromatic N) is 2. The molecule has 4 nitrogen and oxygen atoms in total. The quantitative estimate of drug-likeness (QED) is 0.868. The normalized spacial score (nSPS) is 17.5. The summed E-state index contributed by atoms with van der Waals surface area (Å²) in [6.07, 6.45) is 2.92. The van der Waals surface area contributed by atoms with Gasteiger partial charge in [0.1, 0.15) is 5.75 Å². The molecule has 0 aliphatic carbocycles. The molecule has 2 aromatic rings. The van der Waals surface area contributed by atoms with Crippen LogP contribution in [0.2, 0.25) is 0 Å². The molecule has 1 saturated heterocycles. The summed E-state index contributed by atoms with van der Waals surface area (Å²) in [5.74, 6) is 1.22. The van der Waals surface area contributed by atoms with Crippen LogP contribution < -0.4 is 4.74 Å². The van der Waals surface area contributed by atoms with Crippen molar-refractivity contribution in [1.29, 1.82) is 0 Å². The van der Waals surface area contributed by atoms with E-state index in [1.807, 2.05) is 67.4 Å². The fraction of sp³-hybridized carbons (Fsp3) is 0.368. The van der Waals surface area contributed by atoms with Gasteiger partial charge in [-0.1, -0.05) is 6.07 Å². The Morgan fingerprint density at radius 1 is 1.22 bits per heavy atom. The van der Waals surface area contributed by atoms with E-state index in [1.54, 1.807) is 0 Å². The summed E-state index contributed by atoms with van der Waals surface area (Å²) in [5.41, 5.74) is 1.78. The molecule has 1 fully saturated rings. The Balaban J connectivity index is 1.65. The molecule has 0 unspecified atom stereocenters. The highest BCUT2D eigenvalue weighted by Crippen LogP contribution is 2.27. The van der Waals surface area contributed by atoms with Crippen molar-refractivity contribution in [3.8, 4) is 5.75 Å². The molecule has 0 bridgehead atoms. The smallest absolute Gasteiger partial charge is 0.253 e. The molecule has 1 aliphatic heterocycles. The number of hydrogen-bond donors (Lipinski definition) is 0. The van der Waals surface area contributed by atoms with E-state index >= 15 is 0 Å². The average Bonchev–Trinajstić information content (AvgIpc) is 3.05. The largest absolute Gasteiger partial charge is 0.491 e. The van der Waals surface area contributed by atoms with Gasteiger partial charge in [-0.3, -0.25) is 9.78 Å². The zero-order valence-electron chi connectivity index (χ0n) is 13.6. The monoisotopic (exact) mass is 310 g/mol. The summed E-state index contributed by atoms with van der Waals surface area (Å²) in [4.78, 5) is 18.9. The van der Waals surface area contributed by atoms with Gasteiger partial charge in [0.2, 0.25) is 0 Å². The van der Waals surface area contributed by atoms with E-state index in [1.165, 1.54) is 0 Å². The van der Waals surface area contributed by atoms with Crippen molar-refractivity contribution in [3.63, 3.8) is 0 Å². The van der Waals surface area contributed by atoms with Crippen LogP contribution in [-0.4, -0.2) is 35.0 Å². The first-order valence-electron chi connectivity index (χ1n) is 8.10. The van der Waals surface area contributed by atoms with Crippen molar-refractivity contribution in [3.05, 3.63) is 59.9 Å². The molecule has 1 aromatic heterocycles. The molecular weight excluding hydrogens is 288 g/mol. The van der Waals surface area contributed by atoms with Crippen molar-refractivity contribution in [1.82, 2.24) is 9.88 Å². The zero-order valence-corrected chi connectivity index (χ0v) is 13.6. The first kappa shape index (κ1) is 15.5. The molecule has 0 spiro atoms. The third kappa shape index (κ3) is 3.70. The molecule has 2 heterocycles. The molecular formula is C19H22N2O2. The number of benzene rings is 1. The molecule has 3 rings (SSSR count). The van der Waals surface area contributed by atoms with E-state index in [2.05, 4.69) is 4.98 Å². The summed E-state index contributed by atoms with van der Waals surface area (Å²) in [6, 6.07) is 13.4. The Kier molecular flexibility index (Phi) is 4.60. The van der Waals surface area contributed by atoms with Crippen molar-refractivity contribution >= 4 is 5.91 Å². The Bertz CT molecular complexity index is 653. The topological polar surface area (TPSA) is 42.4 Å². The van der Waals surface area contributed by atoms with Crippen LogP contribution in [0.4, 0.5) is 0 Å². The minimum absolute atomic E-state index is 0.0829. The van der Waals surface area contributed by atoms with Crippen LogP contribution in [0, 0.1) is 0 Å². The lowest BCUT2D eigenvalue weighted by atomic mass is 10.0. The van der Waals surface area contributed by atoms with Crippen LogP contribution in [0.15, 0.2) is 48.7 Å². The van der Waals surface area contributed by atoms with Gasteiger partial charge in [-0.25, -0.2) is 0 Å². The second kappa shape index (κ2) is 6.82. The maximum absolute atomic E-state index is 12.6. The SMILES string of the molecule is CC(C)Oc1ccc(C(=O)N2CC[C@H](c3ccccn3)C2)cc1. The van der Waals surface area contributed by atoms with Crippen LogP contribution in [0.1, 0.15) is 42.2 Å². The number of carbonyl (C=O) groups is 1. The highest BCUT2D eigenvalue weighted by Gasteiger charge is 2.28. The third-order valence-electron chi connectivity index (χ3n) is 4.05. The highest BCUT2D eigenvalue weighted by atomic mass is 16.5. The van der Waals surface area contributed by atoms with E-state index in [9.17, 15) is 4.79 Å². The van der Waals surface area contributed by atoms with Crippen LogP contribution in [0.25, 0.3) is 0 Å². The number of aromatic nitrogens is 1. The zero-order chi connectivity index (χ0) is 16.2. The van der Waals surface area contributed by atoms with Gasteiger partial charge < -0.3 is 9.64 Å². The van der Waals surface area contributed by atoms with Gasteiger partial charge >= 0.3 is 0 Å². The second-order valence-electron chi connectivity index (χ2n) is 6.18. The van der Waals surface area contributed by atoms with E-state index in [0.717, 1.165) is 31.0 Å². The Morgan fingerprint density at radius 3 is 2.65 bits per heavy atom. The predicted octanol–water partition coefficient (Wildman–Crippen LogP) is 3.50. The van der Waals surface area contributed by atoms with Gasteiger partial charge in [0.05, 0.1) is 6.10 Å². The van der Waals surface area contributed by atoms with E-state index in [4.69, 9.17) is 4.74 Å². The highest BCUT2D eigenvalue weighted by molar-refractivity contribution is 5.94. The van der Waals surface area contributed by atoms with E-state index < -0.39 is 0 Å². The number of hydrogen-bond acceptors (Lipinski definition) is 3. The number of likely N-dealkylation sites (tertiary alicyclic amines) is 1. The van der Waals surface area contributed by atoms with Gasteiger partial charge in [-0.2, -0.15) is 0 Å². The summed E-state index contributed by atoms with van der Waals surface area (Å²) in [7, 11) is 0. The molecule has 0 radical (unpaired) electrons. The number of pyridine rings is 1. The fourth-order valence-corrected chi connectivity index (χ4v) is 2.93. The summed E-state index contributed by atoms with van der Waals surface area (Å²) in [6.45, 7) is 5.49. The Labute approximate surface area is 137 Å².